The van der Waals surface area contributed by atoms with Crippen molar-refractivity contribution in [2.75, 3.05) is 17.6 Å². The molecule has 1 saturated carbocycles. The molecule has 0 aromatic heterocycles. The maximum Gasteiger partial charge on any atom is 0.238 e. The molecule has 5 nitrogen and oxygen atoms in total. The standard InChI is InChI=1S/C11H17N3O2S/c12-10-4-3-9(17(13,15)16)7-11(10)14-6-5-8-1-2-8/h3-4,7-8,14H,1-2,5-6,12H2,(H2,13,15,16). The minimum absolute atomic E-state index is 0.0839. The third-order valence-corrected chi connectivity index (χ3v) is 3.83. The van der Waals surface area contributed by atoms with Crippen molar-refractivity contribution >= 4 is 21.4 Å². The van der Waals surface area contributed by atoms with Crippen molar-refractivity contribution in [2.24, 2.45) is 11.1 Å². The second kappa shape index (κ2) is 4.54. The molecule has 0 radical (unpaired) electrons. The first-order chi connectivity index (χ1) is 7.97. The Kier molecular flexibility index (Phi) is 3.26. The van der Waals surface area contributed by atoms with Gasteiger partial charge in [-0.2, -0.15) is 0 Å². The first-order valence-corrected chi connectivity index (χ1v) is 7.17. The van der Waals surface area contributed by atoms with Gasteiger partial charge in [-0.3, -0.25) is 0 Å². The summed E-state index contributed by atoms with van der Waals surface area (Å²) in [6.45, 7) is 0.808. The molecule has 1 aliphatic carbocycles. The van der Waals surface area contributed by atoms with Crippen LogP contribution < -0.4 is 16.2 Å². The van der Waals surface area contributed by atoms with E-state index in [1.54, 1.807) is 6.07 Å². The van der Waals surface area contributed by atoms with E-state index in [1.807, 2.05) is 0 Å². The minimum atomic E-state index is -3.67. The lowest BCUT2D eigenvalue weighted by atomic mass is 10.2. The Morgan fingerprint density at radius 3 is 2.65 bits per heavy atom. The topological polar surface area (TPSA) is 98.2 Å². The van der Waals surface area contributed by atoms with E-state index in [0.29, 0.717) is 11.4 Å². The molecular weight excluding hydrogens is 238 g/mol. The highest BCUT2D eigenvalue weighted by Crippen LogP contribution is 2.32. The molecule has 1 aromatic rings. The van der Waals surface area contributed by atoms with Gasteiger partial charge in [-0.1, -0.05) is 12.8 Å². The maximum absolute atomic E-state index is 11.2. The Bertz CT molecular complexity index is 509. The van der Waals surface area contributed by atoms with E-state index in [4.69, 9.17) is 10.9 Å². The van der Waals surface area contributed by atoms with E-state index in [-0.39, 0.29) is 4.90 Å². The fraction of sp³-hybridized carbons (Fsp3) is 0.455. The molecule has 6 heteroatoms. The zero-order chi connectivity index (χ0) is 12.5. The van der Waals surface area contributed by atoms with Crippen molar-refractivity contribution in [1.82, 2.24) is 0 Å². The van der Waals surface area contributed by atoms with Gasteiger partial charge in [0.15, 0.2) is 0 Å². The van der Waals surface area contributed by atoms with Crippen LogP contribution in [0.1, 0.15) is 19.3 Å². The van der Waals surface area contributed by atoms with Crippen LogP contribution in [0.15, 0.2) is 23.1 Å². The summed E-state index contributed by atoms with van der Waals surface area (Å²) >= 11 is 0. The molecule has 1 aromatic carbocycles. The summed E-state index contributed by atoms with van der Waals surface area (Å²) in [6.07, 6.45) is 3.70. The van der Waals surface area contributed by atoms with Crippen molar-refractivity contribution in [3.05, 3.63) is 18.2 Å². The molecule has 0 atom stereocenters. The summed E-state index contributed by atoms with van der Waals surface area (Å²) in [5.74, 6) is 0.824. The fourth-order valence-electron chi connectivity index (χ4n) is 1.68. The molecule has 94 valence electrons. The summed E-state index contributed by atoms with van der Waals surface area (Å²) in [5.41, 5.74) is 6.94. The monoisotopic (exact) mass is 255 g/mol. The molecule has 1 aliphatic rings. The number of anilines is 2. The quantitative estimate of drug-likeness (QED) is 0.687. The molecule has 0 bridgehead atoms. The Morgan fingerprint density at radius 2 is 2.06 bits per heavy atom. The van der Waals surface area contributed by atoms with Crippen LogP contribution in [-0.2, 0) is 10.0 Å². The molecule has 0 spiro atoms. The van der Waals surface area contributed by atoms with Crippen molar-refractivity contribution in [2.45, 2.75) is 24.2 Å². The van der Waals surface area contributed by atoms with Gasteiger partial charge in [-0.05, 0) is 30.5 Å². The predicted octanol–water partition coefficient (Wildman–Crippen LogP) is 1.13. The molecule has 0 saturated heterocycles. The normalized spacial score (nSPS) is 15.8. The number of hydrogen-bond donors (Lipinski definition) is 3. The van der Waals surface area contributed by atoms with E-state index >= 15 is 0 Å². The van der Waals surface area contributed by atoms with Crippen LogP contribution >= 0.6 is 0 Å². The minimum Gasteiger partial charge on any atom is -0.397 e. The van der Waals surface area contributed by atoms with Gasteiger partial charge in [-0.15, -0.1) is 0 Å². The first-order valence-electron chi connectivity index (χ1n) is 5.63. The summed E-state index contributed by atoms with van der Waals surface area (Å²) in [7, 11) is -3.67. The van der Waals surface area contributed by atoms with Crippen molar-refractivity contribution in [3.63, 3.8) is 0 Å². The van der Waals surface area contributed by atoms with Gasteiger partial charge >= 0.3 is 0 Å². The summed E-state index contributed by atoms with van der Waals surface area (Å²) in [6, 6.07) is 4.45. The van der Waals surface area contributed by atoms with Crippen LogP contribution in [0.3, 0.4) is 0 Å². The molecule has 0 amide bonds. The van der Waals surface area contributed by atoms with E-state index in [0.717, 1.165) is 18.9 Å². The van der Waals surface area contributed by atoms with Crippen molar-refractivity contribution in [3.8, 4) is 0 Å². The number of rotatable bonds is 5. The summed E-state index contributed by atoms with van der Waals surface area (Å²) in [5, 5.41) is 8.22. The Balaban J connectivity index is 2.08. The highest BCUT2D eigenvalue weighted by Gasteiger charge is 2.20. The molecular formula is C11H17N3O2S. The van der Waals surface area contributed by atoms with E-state index in [2.05, 4.69) is 5.32 Å². The zero-order valence-electron chi connectivity index (χ0n) is 9.52. The highest BCUT2D eigenvalue weighted by molar-refractivity contribution is 7.89. The smallest absolute Gasteiger partial charge is 0.238 e. The van der Waals surface area contributed by atoms with Crippen LogP contribution in [0.4, 0.5) is 11.4 Å². The van der Waals surface area contributed by atoms with Crippen molar-refractivity contribution in [1.29, 1.82) is 0 Å². The lowest BCUT2D eigenvalue weighted by molar-refractivity contribution is 0.598. The lowest BCUT2D eigenvalue weighted by Crippen LogP contribution is -2.13. The van der Waals surface area contributed by atoms with Crippen molar-refractivity contribution < 1.29 is 8.42 Å². The number of nitrogens with two attached hydrogens (primary N) is 2. The Morgan fingerprint density at radius 1 is 1.35 bits per heavy atom. The number of hydrogen-bond acceptors (Lipinski definition) is 4. The molecule has 17 heavy (non-hydrogen) atoms. The number of nitrogens with one attached hydrogen (secondary N) is 1. The van der Waals surface area contributed by atoms with Gasteiger partial charge < -0.3 is 11.1 Å². The van der Waals surface area contributed by atoms with Crippen LogP contribution in [-0.4, -0.2) is 15.0 Å². The van der Waals surface area contributed by atoms with Gasteiger partial charge in [0.25, 0.3) is 0 Å². The second-order valence-electron chi connectivity index (χ2n) is 4.45. The molecule has 5 N–H and O–H groups in total. The van der Waals surface area contributed by atoms with Crippen LogP contribution in [0.25, 0.3) is 0 Å². The summed E-state index contributed by atoms with van der Waals surface area (Å²) in [4.78, 5) is 0.0839. The average molecular weight is 255 g/mol. The molecule has 0 unspecified atom stereocenters. The Hall–Kier alpha value is -1.27. The third kappa shape index (κ3) is 3.34. The first kappa shape index (κ1) is 12.2. The van der Waals surface area contributed by atoms with E-state index < -0.39 is 10.0 Å². The van der Waals surface area contributed by atoms with Gasteiger partial charge in [-0.25, -0.2) is 13.6 Å². The Labute approximate surface area is 101 Å². The third-order valence-electron chi connectivity index (χ3n) is 2.92. The zero-order valence-corrected chi connectivity index (χ0v) is 10.3. The van der Waals surface area contributed by atoms with Gasteiger partial charge in [0.05, 0.1) is 16.3 Å². The number of primary sulfonamides is 1. The highest BCUT2D eigenvalue weighted by atomic mass is 32.2. The van der Waals surface area contributed by atoms with Crippen LogP contribution in [0.5, 0.6) is 0 Å². The molecule has 0 aliphatic heterocycles. The van der Waals surface area contributed by atoms with E-state index in [1.165, 1.54) is 25.0 Å². The van der Waals surface area contributed by atoms with Gasteiger partial charge in [0.2, 0.25) is 10.0 Å². The second-order valence-corrected chi connectivity index (χ2v) is 6.01. The lowest BCUT2D eigenvalue weighted by Gasteiger charge is -2.10. The van der Waals surface area contributed by atoms with E-state index in [9.17, 15) is 8.42 Å². The van der Waals surface area contributed by atoms with Crippen LogP contribution in [0.2, 0.25) is 0 Å². The number of benzene rings is 1. The van der Waals surface area contributed by atoms with Crippen LogP contribution in [0, 0.1) is 5.92 Å². The maximum atomic E-state index is 11.2. The fourth-order valence-corrected chi connectivity index (χ4v) is 2.22. The van der Waals surface area contributed by atoms with Gasteiger partial charge in [0.1, 0.15) is 0 Å². The summed E-state index contributed by atoms with van der Waals surface area (Å²) < 4.78 is 22.4. The number of sulfonamides is 1. The molecule has 0 heterocycles. The average Bonchev–Trinajstić information content (AvgIpc) is 3.03. The predicted molar refractivity (Wildman–Crippen MR) is 68.1 cm³/mol. The number of nitrogen functional groups attached to an aromatic ring is 1. The molecule has 2 rings (SSSR count). The van der Waals surface area contributed by atoms with Gasteiger partial charge in [0, 0.05) is 6.54 Å². The SMILES string of the molecule is Nc1ccc(S(N)(=O)=O)cc1NCCC1CC1. The largest absolute Gasteiger partial charge is 0.397 e. The molecule has 1 fully saturated rings.